The number of aromatic amines is 1. The highest BCUT2D eigenvalue weighted by Crippen LogP contribution is 2.18. The molecule has 1 aromatic carbocycles. The molecule has 0 saturated carbocycles. The van der Waals surface area contributed by atoms with Gasteiger partial charge in [0.2, 0.25) is 0 Å². The van der Waals surface area contributed by atoms with Crippen LogP contribution in [0, 0.1) is 0 Å². The second-order valence-electron chi connectivity index (χ2n) is 4.75. The van der Waals surface area contributed by atoms with Gasteiger partial charge < -0.3 is 15.2 Å². The third kappa shape index (κ3) is 2.56. The molecule has 0 spiro atoms. The van der Waals surface area contributed by atoms with Crippen molar-refractivity contribution >= 4 is 5.91 Å². The molecule has 104 valence electrons. The number of aromatic nitrogens is 2. The van der Waals surface area contributed by atoms with Gasteiger partial charge in [-0.1, -0.05) is 12.1 Å². The lowest BCUT2D eigenvalue weighted by Crippen LogP contribution is -2.42. The van der Waals surface area contributed by atoms with E-state index in [0.29, 0.717) is 12.2 Å². The van der Waals surface area contributed by atoms with Crippen molar-refractivity contribution in [2.45, 2.75) is 12.1 Å². The molecule has 1 aliphatic rings. The van der Waals surface area contributed by atoms with Gasteiger partial charge in [-0.25, -0.2) is 0 Å². The molecule has 6 heteroatoms. The minimum absolute atomic E-state index is 0.210. The molecule has 0 radical (unpaired) electrons. The Morgan fingerprint density at radius 2 is 2.10 bits per heavy atom. The van der Waals surface area contributed by atoms with E-state index in [1.807, 2.05) is 12.1 Å². The van der Waals surface area contributed by atoms with Crippen LogP contribution in [0.25, 0.3) is 11.1 Å². The van der Waals surface area contributed by atoms with Crippen molar-refractivity contribution in [3.05, 3.63) is 42.2 Å². The summed E-state index contributed by atoms with van der Waals surface area (Å²) in [4.78, 5) is 12.0. The molecule has 6 nitrogen and oxygen atoms in total. The quantitative estimate of drug-likeness (QED) is 0.763. The highest BCUT2D eigenvalue weighted by molar-refractivity contribution is 5.94. The van der Waals surface area contributed by atoms with Gasteiger partial charge in [0, 0.05) is 17.3 Å². The fraction of sp³-hybridized carbons (Fsp3) is 0.286. The van der Waals surface area contributed by atoms with E-state index in [-0.39, 0.29) is 18.6 Å². The molecule has 2 aromatic rings. The number of carbonyl (C=O) groups excluding carboxylic acids is 1. The van der Waals surface area contributed by atoms with Crippen LogP contribution >= 0.6 is 0 Å². The molecular formula is C14H15N3O3. The van der Waals surface area contributed by atoms with Crippen molar-refractivity contribution in [1.82, 2.24) is 15.5 Å². The average molecular weight is 273 g/mol. The van der Waals surface area contributed by atoms with Crippen molar-refractivity contribution < 1.29 is 14.6 Å². The maximum absolute atomic E-state index is 12.0. The molecular weight excluding hydrogens is 258 g/mol. The highest BCUT2D eigenvalue weighted by atomic mass is 16.5. The van der Waals surface area contributed by atoms with E-state index < -0.39 is 6.10 Å². The van der Waals surface area contributed by atoms with Crippen LogP contribution in [0.1, 0.15) is 10.4 Å². The lowest BCUT2D eigenvalue weighted by Gasteiger charge is -2.14. The molecule has 0 unspecified atom stereocenters. The number of hydrogen-bond acceptors (Lipinski definition) is 4. The first kappa shape index (κ1) is 12.8. The summed E-state index contributed by atoms with van der Waals surface area (Å²) in [5.41, 5.74) is 2.51. The Hall–Kier alpha value is -2.18. The fourth-order valence-corrected chi connectivity index (χ4v) is 2.16. The predicted octanol–water partition coefficient (Wildman–Crippen LogP) is 0.566. The van der Waals surface area contributed by atoms with Crippen molar-refractivity contribution in [3.8, 4) is 11.1 Å². The Kier molecular flexibility index (Phi) is 3.49. The van der Waals surface area contributed by atoms with Gasteiger partial charge in [0.05, 0.1) is 31.6 Å². The molecule has 20 heavy (non-hydrogen) atoms. The lowest BCUT2D eigenvalue weighted by atomic mass is 10.1. The number of aliphatic hydroxyl groups excluding tert-OH is 1. The topological polar surface area (TPSA) is 87.2 Å². The van der Waals surface area contributed by atoms with Crippen LogP contribution in [0.3, 0.4) is 0 Å². The van der Waals surface area contributed by atoms with E-state index in [1.165, 1.54) is 0 Å². The summed E-state index contributed by atoms with van der Waals surface area (Å²) < 4.78 is 5.10. The van der Waals surface area contributed by atoms with Crippen LogP contribution in [0.15, 0.2) is 36.7 Å². The highest BCUT2D eigenvalue weighted by Gasteiger charge is 2.27. The summed E-state index contributed by atoms with van der Waals surface area (Å²) in [5.74, 6) is -0.210. The third-order valence-corrected chi connectivity index (χ3v) is 3.35. The molecule has 1 amide bonds. The number of benzene rings is 1. The first-order valence-corrected chi connectivity index (χ1v) is 6.40. The van der Waals surface area contributed by atoms with E-state index in [4.69, 9.17) is 4.74 Å². The van der Waals surface area contributed by atoms with Crippen LogP contribution in [0.5, 0.6) is 0 Å². The Morgan fingerprint density at radius 3 is 2.70 bits per heavy atom. The fourth-order valence-electron chi connectivity index (χ4n) is 2.16. The van der Waals surface area contributed by atoms with Gasteiger partial charge >= 0.3 is 0 Å². The van der Waals surface area contributed by atoms with Gasteiger partial charge in [-0.2, -0.15) is 5.10 Å². The maximum atomic E-state index is 12.0. The largest absolute Gasteiger partial charge is 0.388 e. The Balaban J connectivity index is 1.69. The zero-order valence-corrected chi connectivity index (χ0v) is 10.7. The number of H-pyrrole nitrogens is 1. The first-order valence-electron chi connectivity index (χ1n) is 6.40. The Labute approximate surface area is 115 Å². The van der Waals surface area contributed by atoms with Gasteiger partial charge in [0.25, 0.3) is 5.91 Å². The zero-order chi connectivity index (χ0) is 13.9. The number of hydrogen-bond donors (Lipinski definition) is 3. The number of carbonyl (C=O) groups is 1. The minimum atomic E-state index is -0.635. The molecule has 1 fully saturated rings. The molecule has 2 atom stereocenters. The standard InChI is InChI=1S/C14H15N3O3/c18-13-8-20-7-12(13)17-14(19)10-3-1-9(2-4-10)11-5-15-16-6-11/h1-6,12-13,18H,7-8H2,(H,15,16)(H,17,19)/t12-,13-/m1/s1. The Bertz CT molecular complexity index is 580. The second kappa shape index (κ2) is 5.44. The number of rotatable bonds is 3. The lowest BCUT2D eigenvalue weighted by molar-refractivity contribution is 0.0886. The van der Waals surface area contributed by atoms with Crippen molar-refractivity contribution in [1.29, 1.82) is 0 Å². The van der Waals surface area contributed by atoms with Gasteiger partial charge in [0.15, 0.2) is 0 Å². The monoisotopic (exact) mass is 273 g/mol. The summed E-state index contributed by atoms with van der Waals surface area (Å²) in [6.45, 7) is 0.615. The van der Waals surface area contributed by atoms with E-state index in [2.05, 4.69) is 15.5 Å². The number of amides is 1. The zero-order valence-electron chi connectivity index (χ0n) is 10.7. The van der Waals surface area contributed by atoms with Crippen molar-refractivity contribution in [2.75, 3.05) is 13.2 Å². The molecule has 3 rings (SSSR count). The van der Waals surface area contributed by atoms with Crippen LogP contribution < -0.4 is 5.32 Å². The van der Waals surface area contributed by atoms with Crippen LogP contribution in [-0.4, -0.2) is 46.6 Å². The normalized spacial score (nSPS) is 21.9. The van der Waals surface area contributed by atoms with Crippen LogP contribution in [0.4, 0.5) is 0 Å². The number of nitrogens with zero attached hydrogens (tertiary/aromatic N) is 1. The van der Waals surface area contributed by atoms with E-state index in [9.17, 15) is 9.90 Å². The van der Waals surface area contributed by atoms with Gasteiger partial charge in [0.1, 0.15) is 0 Å². The smallest absolute Gasteiger partial charge is 0.251 e. The van der Waals surface area contributed by atoms with E-state index in [0.717, 1.165) is 11.1 Å². The molecule has 1 aliphatic heterocycles. The molecule has 0 bridgehead atoms. The molecule has 0 aliphatic carbocycles. The van der Waals surface area contributed by atoms with Gasteiger partial charge in [-0.3, -0.25) is 9.89 Å². The van der Waals surface area contributed by atoms with Crippen LogP contribution in [0.2, 0.25) is 0 Å². The van der Waals surface area contributed by atoms with Crippen LogP contribution in [-0.2, 0) is 4.74 Å². The Morgan fingerprint density at radius 1 is 1.30 bits per heavy atom. The number of ether oxygens (including phenoxy) is 1. The SMILES string of the molecule is O=C(N[C@@H]1COC[C@H]1O)c1ccc(-c2cn[nH]c2)cc1. The summed E-state index contributed by atoms with van der Waals surface area (Å²) in [7, 11) is 0. The number of aliphatic hydroxyl groups is 1. The van der Waals surface area contributed by atoms with Gasteiger partial charge in [-0.05, 0) is 17.7 Å². The molecule has 1 aromatic heterocycles. The van der Waals surface area contributed by atoms with E-state index >= 15 is 0 Å². The molecule has 1 saturated heterocycles. The number of nitrogens with one attached hydrogen (secondary N) is 2. The summed E-state index contributed by atoms with van der Waals surface area (Å²) in [6.07, 6.45) is 2.88. The average Bonchev–Trinajstić information content (AvgIpc) is 3.12. The molecule has 2 heterocycles. The summed E-state index contributed by atoms with van der Waals surface area (Å²) in [6, 6.07) is 6.89. The molecule has 3 N–H and O–H groups in total. The summed E-state index contributed by atoms with van der Waals surface area (Å²) >= 11 is 0. The van der Waals surface area contributed by atoms with Crippen molar-refractivity contribution in [3.63, 3.8) is 0 Å². The van der Waals surface area contributed by atoms with Gasteiger partial charge in [-0.15, -0.1) is 0 Å². The van der Waals surface area contributed by atoms with E-state index in [1.54, 1.807) is 24.5 Å². The maximum Gasteiger partial charge on any atom is 0.251 e. The third-order valence-electron chi connectivity index (χ3n) is 3.35. The minimum Gasteiger partial charge on any atom is -0.388 e. The predicted molar refractivity (Wildman–Crippen MR) is 72.1 cm³/mol. The second-order valence-corrected chi connectivity index (χ2v) is 4.75. The van der Waals surface area contributed by atoms with Crippen molar-refractivity contribution in [2.24, 2.45) is 0 Å². The summed E-state index contributed by atoms with van der Waals surface area (Å²) in [5, 5.41) is 19.0. The first-order chi connectivity index (χ1) is 9.74.